The Morgan fingerprint density at radius 3 is 2.24 bits per heavy atom. The van der Waals surface area contributed by atoms with Gasteiger partial charge in [0.25, 0.3) is 5.91 Å². The number of hydrogen-bond donors (Lipinski definition) is 0. The van der Waals surface area contributed by atoms with Gasteiger partial charge in [0.2, 0.25) is 0 Å². The second kappa shape index (κ2) is 6.58. The first kappa shape index (κ1) is 16.2. The molecule has 0 aromatic heterocycles. The van der Waals surface area contributed by atoms with Crippen molar-refractivity contribution in [1.29, 1.82) is 0 Å². The van der Waals surface area contributed by atoms with Crippen LogP contribution in [0.2, 0.25) is 0 Å². The highest BCUT2D eigenvalue weighted by Gasteiger charge is 2.45. The van der Waals surface area contributed by atoms with E-state index >= 15 is 0 Å². The van der Waals surface area contributed by atoms with E-state index in [4.69, 9.17) is 9.47 Å². The summed E-state index contributed by atoms with van der Waals surface area (Å²) in [6, 6.07) is 7.96. The predicted octanol–water partition coefficient (Wildman–Crippen LogP) is 2.82. The summed E-state index contributed by atoms with van der Waals surface area (Å²) in [5.74, 6) is 0.0466. The highest BCUT2D eigenvalue weighted by atomic mass is 16.8. The van der Waals surface area contributed by atoms with Crippen molar-refractivity contribution in [3.8, 4) is 0 Å². The van der Waals surface area contributed by atoms with Crippen LogP contribution < -0.4 is 4.90 Å². The zero-order valence-corrected chi connectivity index (χ0v) is 14.4. The summed E-state index contributed by atoms with van der Waals surface area (Å²) in [5, 5.41) is 0. The van der Waals surface area contributed by atoms with E-state index in [1.165, 1.54) is 24.9 Å². The number of anilines is 1. The Labute approximate surface area is 147 Å². The normalized spacial score (nSPS) is 22.6. The molecule has 0 bridgehead atoms. The summed E-state index contributed by atoms with van der Waals surface area (Å²) in [5.41, 5.74) is 1.40. The van der Waals surface area contributed by atoms with E-state index in [0.717, 1.165) is 18.7 Å². The van der Waals surface area contributed by atoms with Gasteiger partial charge in [0, 0.05) is 50.3 Å². The maximum atomic E-state index is 12.7. The summed E-state index contributed by atoms with van der Waals surface area (Å²) in [4.78, 5) is 28.1. The molecule has 1 amide bonds. The number of piperidine rings is 2. The van der Waals surface area contributed by atoms with Gasteiger partial charge in [-0.05, 0) is 43.5 Å². The molecule has 134 valence electrons. The number of nitrogens with zero attached hydrogens (tertiary/aromatic N) is 2. The van der Waals surface area contributed by atoms with Crippen LogP contribution in [-0.2, 0) is 9.47 Å². The first-order valence-electron chi connectivity index (χ1n) is 9.15. The molecule has 3 aliphatic heterocycles. The summed E-state index contributed by atoms with van der Waals surface area (Å²) in [6.07, 6.45) is 4.47. The number of hydrogen-bond acceptors (Lipinski definition) is 5. The van der Waals surface area contributed by atoms with Gasteiger partial charge in [0.15, 0.2) is 5.60 Å². The number of benzene rings is 1. The van der Waals surface area contributed by atoms with Crippen LogP contribution in [0.25, 0.3) is 0 Å². The molecule has 0 aliphatic carbocycles. The smallest absolute Gasteiger partial charge is 0.430 e. The molecule has 3 heterocycles. The fourth-order valence-corrected chi connectivity index (χ4v) is 3.94. The molecular formula is C19H24N2O4. The number of likely N-dealkylation sites (tertiary alicyclic amines) is 1. The maximum absolute atomic E-state index is 12.7. The lowest BCUT2D eigenvalue weighted by atomic mass is 9.92. The molecule has 3 fully saturated rings. The van der Waals surface area contributed by atoms with Crippen molar-refractivity contribution in [2.24, 2.45) is 0 Å². The molecule has 0 radical (unpaired) electrons. The zero-order valence-electron chi connectivity index (χ0n) is 14.4. The van der Waals surface area contributed by atoms with Crippen molar-refractivity contribution >= 4 is 17.7 Å². The molecule has 6 heteroatoms. The van der Waals surface area contributed by atoms with Gasteiger partial charge in [-0.25, -0.2) is 4.79 Å². The lowest BCUT2D eigenvalue weighted by Crippen LogP contribution is -2.48. The molecular weight excluding hydrogens is 320 g/mol. The van der Waals surface area contributed by atoms with Crippen molar-refractivity contribution in [3.05, 3.63) is 29.8 Å². The number of ether oxygens (including phenoxy) is 2. The molecule has 1 aromatic carbocycles. The lowest BCUT2D eigenvalue weighted by molar-refractivity contribution is 0.00281. The van der Waals surface area contributed by atoms with Gasteiger partial charge >= 0.3 is 6.16 Å². The minimum atomic E-state index is -0.590. The van der Waals surface area contributed by atoms with E-state index < -0.39 is 11.8 Å². The third-order valence-corrected chi connectivity index (χ3v) is 5.55. The van der Waals surface area contributed by atoms with Gasteiger partial charge in [-0.3, -0.25) is 4.79 Å². The minimum absolute atomic E-state index is 0.0466. The molecule has 0 atom stereocenters. The van der Waals surface area contributed by atoms with Crippen LogP contribution in [0.4, 0.5) is 10.5 Å². The Morgan fingerprint density at radius 2 is 1.64 bits per heavy atom. The van der Waals surface area contributed by atoms with Crippen LogP contribution in [0, 0.1) is 0 Å². The van der Waals surface area contributed by atoms with Crippen LogP contribution in [0.5, 0.6) is 0 Å². The van der Waals surface area contributed by atoms with Gasteiger partial charge < -0.3 is 19.3 Å². The number of rotatable bonds is 2. The predicted molar refractivity (Wildman–Crippen MR) is 92.8 cm³/mol. The number of carbonyl (C=O) groups is 2. The van der Waals surface area contributed by atoms with E-state index in [0.29, 0.717) is 32.5 Å². The highest BCUT2D eigenvalue weighted by Crippen LogP contribution is 2.32. The summed E-state index contributed by atoms with van der Waals surface area (Å²) >= 11 is 0. The molecule has 3 saturated heterocycles. The fraction of sp³-hybridized carbons (Fsp3) is 0.579. The van der Waals surface area contributed by atoms with Crippen molar-refractivity contribution in [3.63, 3.8) is 0 Å². The van der Waals surface area contributed by atoms with Crippen LogP contribution in [0.1, 0.15) is 42.5 Å². The van der Waals surface area contributed by atoms with Crippen molar-refractivity contribution < 1.29 is 19.1 Å². The average Bonchev–Trinajstić information content (AvgIpc) is 3.03. The van der Waals surface area contributed by atoms with Crippen LogP contribution in [-0.4, -0.2) is 55.3 Å². The third-order valence-electron chi connectivity index (χ3n) is 5.55. The molecule has 4 rings (SSSR count). The molecule has 25 heavy (non-hydrogen) atoms. The number of carbonyl (C=O) groups excluding carboxylic acids is 2. The largest absolute Gasteiger partial charge is 0.509 e. The Morgan fingerprint density at radius 1 is 0.960 bits per heavy atom. The molecule has 1 spiro atoms. The van der Waals surface area contributed by atoms with Gasteiger partial charge in [-0.15, -0.1) is 0 Å². The minimum Gasteiger partial charge on any atom is -0.430 e. The highest BCUT2D eigenvalue weighted by molar-refractivity contribution is 5.94. The van der Waals surface area contributed by atoms with Crippen LogP contribution in [0.15, 0.2) is 24.3 Å². The van der Waals surface area contributed by atoms with E-state index in [2.05, 4.69) is 17.0 Å². The van der Waals surface area contributed by atoms with Gasteiger partial charge in [0.05, 0.1) is 0 Å². The van der Waals surface area contributed by atoms with E-state index in [9.17, 15) is 9.59 Å². The van der Waals surface area contributed by atoms with E-state index in [-0.39, 0.29) is 5.91 Å². The molecule has 0 unspecified atom stereocenters. The summed E-state index contributed by atoms with van der Waals surface area (Å²) in [7, 11) is 0. The number of cyclic esters (lactones) is 1. The van der Waals surface area contributed by atoms with Crippen molar-refractivity contribution in [2.75, 3.05) is 37.7 Å². The Hall–Kier alpha value is -2.24. The zero-order chi connectivity index (χ0) is 17.3. The fourth-order valence-electron chi connectivity index (χ4n) is 3.94. The second-order valence-corrected chi connectivity index (χ2v) is 7.21. The van der Waals surface area contributed by atoms with Gasteiger partial charge in [0.1, 0.15) is 6.61 Å². The van der Waals surface area contributed by atoms with E-state index in [1.807, 2.05) is 17.0 Å². The Bertz CT molecular complexity index is 644. The molecule has 6 nitrogen and oxygen atoms in total. The second-order valence-electron chi connectivity index (χ2n) is 7.21. The Kier molecular flexibility index (Phi) is 4.27. The third kappa shape index (κ3) is 3.30. The van der Waals surface area contributed by atoms with Crippen LogP contribution in [0.3, 0.4) is 0 Å². The van der Waals surface area contributed by atoms with Gasteiger partial charge in [-0.1, -0.05) is 0 Å². The van der Waals surface area contributed by atoms with Crippen LogP contribution >= 0.6 is 0 Å². The number of amides is 1. The molecule has 1 aromatic rings. The standard InChI is InChI=1S/C19H24N2O4/c22-17(21-12-8-19(9-13-21)14-24-18(23)25-19)15-4-6-16(7-5-15)20-10-2-1-3-11-20/h4-7H,1-3,8-14H2. The Balaban J connectivity index is 1.37. The lowest BCUT2D eigenvalue weighted by Gasteiger charge is -2.36. The summed E-state index contributed by atoms with van der Waals surface area (Å²) in [6.45, 7) is 3.68. The maximum Gasteiger partial charge on any atom is 0.509 e. The monoisotopic (exact) mass is 344 g/mol. The summed E-state index contributed by atoms with van der Waals surface area (Å²) < 4.78 is 10.2. The molecule has 0 N–H and O–H groups in total. The van der Waals surface area contributed by atoms with Crippen molar-refractivity contribution in [2.45, 2.75) is 37.7 Å². The van der Waals surface area contributed by atoms with Crippen molar-refractivity contribution in [1.82, 2.24) is 4.90 Å². The van der Waals surface area contributed by atoms with Gasteiger partial charge in [-0.2, -0.15) is 0 Å². The first-order valence-corrected chi connectivity index (χ1v) is 9.15. The molecule has 3 aliphatic rings. The van der Waals surface area contributed by atoms with E-state index in [1.54, 1.807) is 0 Å². The topological polar surface area (TPSA) is 59.1 Å². The SMILES string of the molecule is O=C1OCC2(CCN(C(=O)c3ccc(N4CCCCC4)cc3)CC2)O1. The quantitative estimate of drug-likeness (QED) is 0.772. The molecule has 0 saturated carbocycles. The average molecular weight is 344 g/mol. The first-order chi connectivity index (χ1) is 12.2.